The van der Waals surface area contributed by atoms with E-state index in [0.717, 1.165) is 24.0 Å². The van der Waals surface area contributed by atoms with Crippen molar-refractivity contribution in [3.8, 4) is 0 Å². The Hall–Kier alpha value is -1.81. The zero-order valence-corrected chi connectivity index (χ0v) is 11.0. The van der Waals surface area contributed by atoms with Crippen LogP contribution in [0.5, 0.6) is 0 Å². The predicted octanol–water partition coefficient (Wildman–Crippen LogP) is 2.49. The fourth-order valence-corrected chi connectivity index (χ4v) is 1.85. The molecule has 2 rings (SSSR count). The van der Waals surface area contributed by atoms with Gasteiger partial charge in [-0.05, 0) is 36.1 Å². The summed E-state index contributed by atoms with van der Waals surface area (Å²) in [6.45, 7) is 2.06. The third kappa shape index (κ3) is 4.10. The average Bonchev–Trinajstić information content (AvgIpc) is 2.41. The van der Waals surface area contributed by atoms with Gasteiger partial charge in [-0.1, -0.05) is 19.1 Å². The highest BCUT2D eigenvalue weighted by Gasteiger charge is 2.04. The second-order valence-corrected chi connectivity index (χ2v) is 4.69. The van der Waals surface area contributed by atoms with Crippen LogP contribution in [-0.2, 0) is 12.8 Å². The van der Waals surface area contributed by atoms with Crippen LogP contribution in [0, 0.1) is 5.82 Å². The van der Waals surface area contributed by atoms with Crippen molar-refractivity contribution in [1.29, 1.82) is 0 Å². The molecule has 1 aromatic heterocycles. The maximum Gasteiger partial charge on any atom is 0.132 e. The number of hydrogen-bond acceptors (Lipinski definition) is 3. The largest absolute Gasteiger partial charge is 0.327 e. The van der Waals surface area contributed by atoms with Gasteiger partial charge in [-0.15, -0.1) is 0 Å². The second kappa shape index (κ2) is 6.38. The summed E-state index contributed by atoms with van der Waals surface area (Å²) >= 11 is 0. The Balaban J connectivity index is 2.02. The van der Waals surface area contributed by atoms with Crippen LogP contribution in [0.1, 0.15) is 30.3 Å². The van der Waals surface area contributed by atoms with Crippen LogP contribution in [0.2, 0.25) is 0 Å². The quantitative estimate of drug-likeness (QED) is 0.897. The van der Waals surface area contributed by atoms with Gasteiger partial charge in [-0.2, -0.15) is 0 Å². The smallest absolute Gasteiger partial charge is 0.132 e. The van der Waals surface area contributed by atoms with Gasteiger partial charge in [0.05, 0.1) is 0 Å². The first kappa shape index (κ1) is 13.6. The molecule has 2 aromatic rings. The van der Waals surface area contributed by atoms with Crippen molar-refractivity contribution < 1.29 is 4.39 Å². The number of aromatic nitrogens is 2. The first-order valence-electron chi connectivity index (χ1n) is 6.47. The van der Waals surface area contributed by atoms with Crippen LogP contribution in [0.4, 0.5) is 4.39 Å². The molecule has 0 bridgehead atoms. The minimum atomic E-state index is -0.233. The summed E-state index contributed by atoms with van der Waals surface area (Å²) in [4.78, 5) is 8.60. The van der Waals surface area contributed by atoms with Gasteiger partial charge < -0.3 is 5.73 Å². The minimum absolute atomic E-state index is 0.151. The molecule has 1 unspecified atom stereocenters. The Morgan fingerprint density at radius 3 is 2.58 bits per heavy atom. The van der Waals surface area contributed by atoms with Crippen molar-refractivity contribution in [2.45, 2.75) is 32.2 Å². The van der Waals surface area contributed by atoms with Gasteiger partial charge in [0.2, 0.25) is 0 Å². The van der Waals surface area contributed by atoms with Crippen LogP contribution in [0.15, 0.2) is 36.7 Å². The van der Waals surface area contributed by atoms with E-state index in [1.54, 1.807) is 18.5 Å². The SMILES string of the molecule is CCC(N)Cc1cnc(Cc2cccc(F)c2)nc1. The molecule has 0 aliphatic heterocycles. The van der Waals surface area contributed by atoms with E-state index < -0.39 is 0 Å². The zero-order chi connectivity index (χ0) is 13.7. The van der Waals surface area contributed by atoms with Crippen molar-refractivity contribution >= 4 is 0 Å². The van der Waals surface area contributed by atoms with Gasteiger partial charge in [0.25, 0.3) is 0 Å². The van der Waals surface area contributed by atoms with Gasteiger partial charge in [0, 0.05) is 24.9 Å². The van der Waals surface area contributed by atoms with E-state index in [0.29, 0.717) is 12.2 Å². The second-order valence-electron chi connectivity index (χ2n) is 4.69. The van der Waals surface area contributed by atoms with Crippen LogP contribution < -0.4 is 5.73 Å². The summed E-state index contributed by atoms with van der Waals surface area (Å²) in [6, 6.07) is 6.65. The number of benzene rings is 1. The molecule has 0 aliphatic carbocycles. The van der Waals surface area contributed by atoms with E-state index in [1.165, 1.54) is 12.1 Å². The Labute approximate surface area is 112 Å². The summed E-state index contributed by atoms with van der Waals surface area (Å²) < 4.78 is 13.1. The predicted molar refractivity (Wildman–Crippen MR) is 73.2 cm³/mol. The molecule has 1 atom stereocenters. The Bertz CT molecular complexity index is 525. The molecule has 0 radical (unpaired) electrons. The molecule has 0 saturated carbocycles. The summed E-state index contributed by atoms with van der Waals surface area (Å²) in [5.41, 5.74) is 7.80. The summed E-state index contributed by atoms with van der Waals surface area (Å²) in [7, 11) is 0. The lowest BCUT2D eigenvalue weighted by molar-refractivity contribution is 0.625. The van der Waals surface area contributed by atoms with Crippen LogP contribution in [0.25, 0.3) is 0 Å². The van der Waals surface area contributed by atoms with Crippen molar-refractivity contribution in [2.75, 3.05) is 0 Å². The van der Waals surface area contributed by atoms with Crippen LogP contribution >= 0.6 is 0 Å². The number of nitrogens with zero attached hydrogens (tertiary/aromatic N) is 2. The first-order chi connectivity index (χ1) is 9.17. The molecule has 2 N–H and O–H groups in total. The Morgan fingerprint density at radius 1 is 1.21 bits per heavy atom. The van der Waals surface area contributed by atoms with Gasteiger partial charge in [0.1, 0.15) is 11.6 Å². The van der Waals surface area contributed by atoms with E-state index in [-0.39, 0.29) is 11.9 Å². The van der Waals surface area contributed by atoms with E-state index in [1.807, 2.05) is 6.07 Å². The topological polar surface area (TPSA) is 51.8 Å². The fourth-order valence-electron chi connectivity index (χ4n) is 1.85. The maximum absolute atomic E-state index is 13.1. The molecular formula is C15H18FN3. The van der Waals surface area contributed by atoms with Gasteiger partial charge >= 0.3 is 0 Å². The lowest BCUT2D eigenvalue weighted by Gasteiger charge is -2.08. The molecule has 0 spiro atoms. The first-order valence-corrected chi connectivity index (χ1v) is 6.47. The lowest BCUT2D eigenvalue weighted by Crippen LogP contribution is -2.21. The summed E-state index contributed by atoms with van der Waals surface area (Å²) in [6.07, 6.45) is 5.87. The van der Waals surface area contributed by atoms with E-state index in [4.69, 9.17) is 5.73 Å². The summed E-state index contributed by atoms with van der Waals surface area (Å²) in [5, 5.41) is 0. The fraction of sp³-hybridized carbons (Fsp3) is 0.333. The van der Waals surface area contributed by atoms with E-state index >= 15 is 0 Å². The number of nitrogens with two attached hydrogens (primary N) is 1. The highest BCUT2D eigenvalue weighted by Crippen LogP contribution is 2.08. The van der Waals surface area contributed by atoms with Gasteiger partial charge in [-0.3, -0.25) is 0 Å². The van der Waals surface area contributed by atoms with E-state index in [2.05, 4.69) is 16.9 Å². The van der Waals surface area contributed by atoms with Crippen molar-refractivity contribution in [2.24, 2.45) is 5.73 Å². The molecule has 0 aliphatic rings. The van der Waals surface area contributed by atoms with Crippen LogP contribution in [-0.4, -0.2) is 16.0 Å². The third-order valence-electron chi connectivity index (χ3n) is 3.03. The number of rotatable bonds is 5. The molecule has 1 aromatic carbocycles. The Morgan fingerprint density at radius 2 is 1.95 bits per heavy atom. The minimum Gasteiger partial charge on any atom is -0.327 e. The highest BCUT2D eigenvalue weighted by molar-refractivity contribution is 5.20. The van der Waals surface area contributed by atoms with Crippen molar-refractivity contribution in [1.82, 2.24) is 9.97 Å². The molecule has 19 heavy (non-hydrogen) atoms. The molecule has 3 nitrogen and oxygen atoms in total. The molecular weight excluding hydrogens is 241 g/mol. The third-order valence-corrected chi connectivity index (χ3v) is 3.03. The lowest BCUT2D eigenvalue weighted by atomic mass is 10.1. The Kier molecular flexibility index (Phi) is 4.58. The molecule has 0 saturated heterocycles. The van der Waals surface area contributed by atoms with Crippen molar-refractivity contribution in [3.63, 3.8) is 0 Å². The molecule has 0 amide bonds. The average molecular weight is 259 g/mol. The van der Waals surface area contributed by atoms with Gasteiger partial charge in [0.15, 0.2) is 0 Å². The zero-order valence-electron chi connectivity index (χ0n) is 11.0. The summed E-state index contributed by atoms with van der Waals surface area (Å²) in [5.74, 6) is 0.461. The monoisotopic (exact) mass is 259 g/mol. The van der Waals surface area contributed by atoms with Crippen molar-refractivity contribution in [3.05, 3.63) is 59.4 Å². The molecule has 100 valence electrons. The number of halogens is 1. The maximum atomic E-state index is 13.1. The standard InChI is InChI=1S/C15H18FN3/c1-2-14(17)7-12-9-18-15(19-10-12)8-11-4-3-5-13(16)6-11/h3-6,9-10,14H,2,7-8,17H2,1H3. The van der Waals surface area contributed by atoms with Crippen LogP contribution in [0.3, 0.4) is 0 Å². The van der Waals surface area contributed by atoms with Gasteiger partial charge in [-0.25, -0.2) is 14.4 Å². The number of hydrogen-bond donors (Lipinski definition) is 1. The molecule has 0 fully saturated rings. The normalized spacial score (nSPS) is 12.4. The highest BCUT2D eigenvalue weighted by atomic mass is 19.1. The molecule has 1 heterocycles. The van der Waals surface area contributed by atoms with E-state index in [9.17, 15) is 4.39 Å². The molecule has 4 heteroatoms.